The largest absolute Gasteiger partial charge is 0.274 e. The zero-order valence-electron chi connectivity index (χ0n) is 8.94. The van der Waals surface area contributed by atoms with Crippen LogP contribution in [0.2, 0.25) is 0 Å². The van der Waals surface area contributed by atoms with Gasteiger partial charge in [-0.05, 0) is 6.07 Å². The summed E-state index contributed by atoms with van der Waals surface area (Å²) in [5, 5.41) is 2.34. The molecule has 0 atom stereocenters. The second kappa shape index (κ2) is 2.67. The minimum Gasteiger partial charge on any atom is -0.274 e. The Balaban J connectivity index is 2.36. The number of fused-ring (bicyclic) bond motifs is 2. The van der Waals surface area contributed by atoms with Crippen LogP contribution in [0.1, 0.15) is 0 Å². The van der Waals surface area contributed by atoms with E-state index in [0.717, 1.165) is 15.5 Å². The van der Waals surface area contributed by atoms with E-state index in [2.05, 4.69) is 55.8 Å². The molecule has 2 heterocycles. The van der Waals surface area contributed by atoms with Crippen molar-refractivity contribution in [3.05, 3.63) is 59.0 Å². The Morgan fingerprint density at radius 3 is 2.80 bits per heavy atom. The van der Waals surface area contributed by atoms with Crippen molar-refractivity contribution in [2.75, 3.05) is 14.1 Å². The lowest BCUT2D eigenvalue weighted by Crippen LogP contribution is -2.28. The van der Waals surface area contributed by atoms with Gasteiger partial charge in [0.2, 0.25) is 0 Å². The Morgan fingerprint density at radius 1 is 1.13 bits per heavy atom. The van der Waals surface area contributed by atoms with Gasteiger partial charge in [0.05, 0.1) is 19.5 Å². The second-order valence-corrected chi connectivity index (χ2v) is 4.50. The number of para-hydroxylation sites is 1. The van der Waals surface area contributed by atoms with E-state index in [0.29, 0.717) is 0 Å². The fraction of sp³-hybridized carbons (Fsp3) is 0.154. The van der Waals surface area contributed by atoms with Gasteiger partial charge in [0.15, 0.2) is 0 Å². The number of allylic oxidation sites excluding steroid dienone is 1. The zero-order valence-corrected chi connectivity index (χ0v) is 8.94. The Bertz CT molecular complexity index is 604. The first-order valence-corrected chi connectivity index (χ1v) is 5.10. The van der Waals surface area contributed by atoms with E-state index >= 15 is 0 Å². The molecule has 0 aliphatic carbocycles. The maximum Gasteiger partial charge on any atom is 0.127 e. The van der Waals surface area contributed by atoms with Gasteiger partial charge in [0.25, 0.3) is 0 Å². The van der Waals surface area contributed by atoms with E-state index in [4.69, 9.17) is 0 Å². The minimum atomic E-state index is 0.760. The summed E-state index contributed by atoms with van der Waals surface area (Å²) >= 11 is 0. The Morgan fingerprint density at radius 2 is 1.93 bits per heavy atom. The number of hydrogen-bond donors (Lipinski definition) is 0. The maximum atomic E-state index is 4.63. The van der Waals surface area contributed by atoms with Crippen molar-refractivity contribution in [2.45, 2.75) is 0 Å². The lowest BCUT2D eigenvalue weighted by molar-refractivity contribution is -0.784. The molecule has 1 aromatic rings. The summed E-state index contributed by atoms with van der Waals surface area (Å²) < 4.78 is 0.760. The summed E-state index contributed by atoms with van der Waals surface area (Å²) in [7, 11) is 4.28. The average Bonchev–Trinajstić information content (AvgIpc) is 2.52. The van der Waals surface area contributed by atoms with Crippen LogP contribution in [-0.4, -0.2) is 18.6 Å². The highest BCUT2D eigenvalue weighted by Gasteiger charge is 2.21. The van der Waals surface area contributed by atoms with Gasteiger partial charge < -0.3 is 0 Å². The van der Waals surface area contributed by atoms with E-state index in [-0.39, 0.29) is 0 Å². The molecule has 15 heavy (non-hydrogen) atoms. The molecule has 0 unspecified atom stereocenters. The first-order valence-electron chi connectivity index (χ1n) is 5.10. The highest BCUT2D eigenvalue weighted by Crippen LogP contribution is 2.23. The van der Waals surface area contributed by atoms with Crippen LogP contribution >= 0.6 is 0 Å². The first kappa shape index (κ1) is 8.62. The van der Waals surface area contributed by atoms with Gasteiger partial charge in [-0.25, -0.2) is 4.99 Å². The molecule has 0 aromatic heterocycles. The van der Waals surface area contributed by atoms with Crippen molar-refractivity contribution < 1.29 is 4.48 Å². The number of rotatable bonds is 0. The molecule has 0 N–H and O–H groups in total. The number of nitrogens with zero attached hydrogens (tertiary/aromatic N) is 2. The molecule has 2 aliphatic rings. The van der Waals surface area contributed by atoms with Crippen molar-refractivity contribution >= 4 is 5.57 Å². The summed E-state index contributed by atoms with van der Waals surface area (Å²) in [6.45, 7) is 0. The molecule has 74 valence electrons. The SMILES string of the molecule is C[N+]1(C)C=CC2=c3ccccc3=NC2=C1. The van der Waals surface area contributed by atoms with Gasteiger partial charge >= 0.3 is 0 Å². The Hall–Kier alpha value is -1.67. The summed E-state index contributed by atoms with van der Waals surface area (Å²) in [5.41, 5.74) is 2.35. The van der Waals surface area contributed by atoms with E-state index in [1.165, 1.54) is 10.8 Å². The summed E-state index contributed by atoms with van der Waals surface area (Å²) in [4.78, 5) is 4.63. The summed E-state index contributed by atoms with van der Waals surface area (Å²) in [5.74, 6) is 0. The molecule has 0 spiro atoms. The first-order chi connectivity index (χ1) is 7.16. The molecule has 0 fully saturated rings. The standard InChI is InChI=1S/C13H13N2/c1-15(2)8-7-11-10-5-3-4-6-12(10)14-13(11)9-15/h3-9H,1-2H3/q+1. The second-order valence-electron chi connectivity index (χ2n) is 4.50. The van der Waals surface area contributed by atoms with Gasteiger partial charge in [0.1, 0.15) is 18.1 Å². The maximum absolute atomic E-state index is 4.63. The predicted molar refractivity (Wildman–Crippen MR) is 60.0 cm³/mol. The molecule has 0 amide bonds. The van der Waals surface area contributed by atoms with E-state index in [1.807, 2.05) is 6.07 Å². The highest BCUT2D eigenvalue weighted by molar-refractivity contribution is 5.74. The van der Waals surface area contributed by atoms with Crippen LogP contribution < -0.4 is 10.6 Å². The molecule has 2 nitrogen and oxygen atoms in total. The van der Waals surface area contributed by atoms with Gasteiger partial charge in [-0.15, -0.1) is 0 Å². The van der Waals surface area contributed by atoms with Crippen LogP contribution in [0.15, 0.2) is 53.4 Å². The quantitative estimate of drug-likeness (QED) is 0.548. The molecule has 0 bridgehead atoms. The third-order valence-corrected chi connectivity index (χ3v) is 2.79. The molecule has 0 radical (unpaired) electrons. The monoisotopic (exact) mass is 197 g/mol. The van der Waals surface area contributed by atoms with Crippen molar-refractivity contribution in [3.63, 3.8) is 0 Å². The van der Waals surface area contributed by atoms with Crippen LogP contribution in [-0.2, 0) is 0 Å². The lowest BCUT2D eigenvalue weighted by atomic mass is 10.1. The minimum absolute atomic E-state index is 0.760. The third kappa shape index (κ3) is 1.26. The molecule has 2 heteroatoms. The molecule has 2 aliphatic heterocycles. The van der Waals surface area contributed by atoms with E-state index in [9.17, 15) is 0 Å². The van der Waals surface area contributed by atoms with Gasteiger partial charge in [-0.3, -0.25) is 4.48 Å². The number of quaternary nitrogens is 1. The van der Waals surface area contributed by atoms with Crippen LogP contribution in [0.4, 0.5) is 0 Å². The fourth-order valence-corrected chi connectivity index (χ4v) is 2.03. The molecular formula is C13H13N2+. The molecule has 1 aromatic carbocycles. The van der Waals surface area contributed by atoms with Crippen molar-refractivity contribution in [3.8, 4) is 0 Å². The van der Waals surface area contributed by atoms with Crippen LogP contribution in [0.3, 0.4) is 0 Å². The zero-order chi connectivity index (χ0) is 10.5. The normalized spacial score (nSPS) is 20.4. The van der Waals surface area contributed by atoms with Crippen LogP contribution in [0.5, 0.6) is 0 Å². The van der Waals surface area contributed by atoms with Gasteiger partial charge in [-0.1, -0.05) is 18.2 Å². The molecular weight excluding hydrogens is 184 g/mol. The van der Waals surface area contributed by atoms with E-state index < -0.39 is 0 Å². The summed E-state index contributed by atoms with van der Waals surface area (Å²) in [6.07, 6.45) is 6.52. The molecule has 3 rings (SSSR count). The topological polar surface area (TPSA) is 12.4 Å². The lowest BCUT2D eigenvalue weighted by Gasteiger charge is -2.23. The Kier molecular flexibility index (Phi) is 1.54. The van der Waals surface area contributed by atoms with E-state index in [1.54, 1.807) is 0 Å². The average molecular weight is 197 g/mol. The third-order valence-electron chi connectivity index (χ3n) is 2.79. The van der Waals surface area contributed by atoms with Gasteiger partial charge in [0, 0.05) is 16.9 Å². The smallest absolute Gasteiger partial charge is 0.127 e. The van der Waals surface area contributed by atoms with Crippen molar-refractivity contribution in [2.24, 2.45) is 4.99 Å². The van der Waals surface area contributed by atoms with Crippen molar-refractivity contribution in [1.29, 1.82) is 0 Å². The summed E-state index contributed by atoms with van der Waals surface area (Å²) in [6, 6.07) is 8.29. The van der Waals surface area contributed by atoms with Crippen molar-refractivity contribution in [1.82, 2.24) is 0 Å². The fourth-order valence-electron chi connectivity index (χ4n) is 2.03. The van der Waals surface area contributed by atoms with Gasteiger partial charge in [-0.2, -0.15) is 0 Å². The molecule has 0 saturated carbocycles. The van der Waals surface area contributed by atoms with Crippen LogP contribution in [0.25, 0.3) is 5.57 Å². The predicted octanol–water partition coefficient (Wildman–Crippen LogP) is 0.916. The highest BCUT2D eigenvalue weighted by atomic mass is 15.3. The van der Waals surface area contributed by atoms with Crippen LogP contribution in [0, 0.1) is 0 Å². The number of hydrogen-bond acceptors (Lipinski definition) is 1. The Labute approximate surface area is 88.8 Å². The molecule has 0 saturated heterocycles. The number of benzene rings is 1.